The number of rotatable bonds is 7. The smallest absolute Gasteiger partial charge is 0.260 e. The molecule has 2 aromatic heterocycles. The van der Waals surface area contributed by atoms with Gasteiger partial charge in [-0.2, -0.15) is 0 Å². The van der Waals surface area contributed by atoms with E-state index in [0.717, 1.165) is 11.1 Å². The van der Waals surface area contributed by atoms with Crippen LogP contribution >= 0.6 is 23.1 Å². The average Bonchev–Trinajstić information content (AvgIpc) is 3.31. The molecular weight excluding hydrogens is 470 g/mol. The minimum atomic E-state index is -0.319. The van der Waals surface area contributed by atoms with Crippen LogP contribution in [0.2, 0.25) is 0 Å². The number of thioether (sulfide) groups is 1. The Labute approximate surface area is 204 Å². The van der Waals surface area contributed by atoms with Gasteiger partial charge in [-0.1, -0.05) is 42.5 Å². The van der Waals surface area contributed by atoms with E-state index in [1.807, 2.05) is 66.9 Å². The molecule has 3 heterocycles. The van der Waals surface area contributed by atoms with Gasteiger partial charge in [0.05, 0.1) is 22.9 Å². The maximum Gasteiger partial charge on any atom is 0.260 e. The summed E-state index contributed by atoms with van der Waals surface area (Å²) in [6.07, 6.45) is -0.242. The summed E-state index contributed by atoms with van der Waals surface area (Å²) in [5, 5.41) is 5.17. The van der Waals surface area contributed by atoms with E-state index >= 15 is 0 Å². The Morgan fingerprint density at radius 2 is 1.97 bits per heavy atom. The van der Waals surface area contributed by atoms with Crippen molar-refractivity contribution in [2.75, 3.05) is 13.2 Å². The van der Waals surface area contributed by atoms with Gasteiger partial charge in [0.25, 0.3) is 5.56 Å². The first-order valence-electron chi connectivity index (χ1n) is 10.9. The molecule has 2 atom stereocenters. The first-order chi connectivity index (χ1) is 16.6. The van der Waals surface area contributed by atoms with Crippen molar-refractivity contribution in [1.82, 2.24) is 15.3 Å². The third-order valence-corrected chi connectivity index (χ3v) is 7.51. The summed E-state index contributed by atoms with van der Waals surface area (Å²) in [5.41, 5.74) is 1.72. The summed E-state index contributed by atoms with van der Waals surface area (Å²) in [6, 6.07) is 17.3. The molecule has 1 amide bonds. The molecule has 0 fully saturated rings. The van der Waals surface area contributed by atoms with Gasteiger partial charge >= 0.3 is 0 Å². The highest BCUT2D eigenvalue weighted by molar-refractivity contribution is 7.99. The lowest BCUT2D eigenvalue weighted by Gasteiger charge is -2.26. The molecule has 0 aliphatic carbocycles. The van der Waals surface area contributed by atoms with E-state index in [0.29, 0.717) is 46.4 Å². The molecule has 0 saturated heterocycles. The van der Waals surface area contributed by atoms with Crippen molar-refractivity contribution in [3.63, 3.8) is 0 Å². The van der Waals surface area contributed by atoms with E-state index in [2.05, 4.69) is 15.3 Å². The number of thiophene rings is 1. The Hall–Kier alpha value is -3.30. The summed E-state index contributed by atoms with van der Waals surface area (Å²) in [4.78, 5) is 33.6. The Bertz CT molecular complexity index is 1370. The topological polar surface area (TPSA) is 93.3 Å². The predicted molar refractivity (Wildman–Crippen MR) is 136 cm³/mol. The van der Waals surface area contributed by atoms with Crippen molar-refractivity contribution >= 4 is 39.2 Å². The van der Waals surface area contributed by atoms with E-state index in [1.54, 1.807) is 0 Å². The van der Waals surface area contributed by atoms with Gasteiger partial charge in [-0.3, -0.25) is 9.59 Å². The molecule has 2 aromatic carbocycles. The average molecular weight is 494 g/mol. The van der Waals surface area contributed by atoms with Gasteiger partial charge in [-0.05, 0) is 24.6 Å². The second-order valence-electron chi connectivity index (χ2n) is 7.90. The zero-order chi connectivity index (χ0) is 23.5. The van der Waals surface area contributed by atoms with Crippen LogP contribution in [-0.2, 0) is 10.5 Å². The highest BCUT2D eigenvalue weighted by Gasteiger charge is 2.22. The molecule has 0 spiro atoms. The molecule has 2 N–H and O–H groups in total. The zero-order valence-corrected chi connectivity index (χ0v) is 20.1. The number of nitrogens with one attached hydrogen (secondary N) is 2. The van der Waals surface area contributed by atoms with E-state index in [9.17, 15) is 9.59 Å². The molecule has 4 aromatic rings. The fraction of sp³-hybridized carbons (Fsp3) is 0.240. The highest BCUT2D eigenvalue weighted by Crippen LogP contribution is 2.32. The Morgan fingerprint density at radius 3 is 2.79 bits per heavy atom. The first-order valence-corrected chi connectivity index (χ1v) is 12.8. The fourth-order valence-electron chi connectivity index (χ4n) is 3.69. The van der Waals surface area contributed by atoms with Crippen LogP contribution in [0.5, 0.6) is 11.5 Å². The Kier molecular flexibility index (Phi) is 6.55. The molecular formula is C25H23N3O4S2. The van der Waals surface area contributed by atoms with Crippen LogP contribution in [0.1, 0.15) is 12.7 Å². The van der Waals surface area contributed by atoms with Gasteiger partial charge in [0.15, 0.2) is 11.5 Å². The molecule has 7 nitrogen and oxygen atoms in total. The summed E-state index contributed by atoms with van der Waals surface area (Å²) in [5.74, 6) is 2.29. The lowest BCUT2D eigenvalue weighted by Crippen LogP contribution is -2.42. The lowest BCUT2D eigenvalue weighted by atomic mass is 10.1. The van der Waals surface area contributed by atoms with Crippen LogP contribution in [0.15, 0.2) is 64.8 Å². The molecule has 1 aliphatic heterocycles. The van der Waals surface area contributed by atoms with E-state index in [1.165, 1.54) is 23.1 Å². The van der Waals surface area contributed by atoms with Crippen LogP contribution in [0.25, 0.3) is 21.3 Å². The normalized spacial score (nSPS) is 15.7. The second-order valence-corrected chi connectivity index (χ2v) is 10.1. The quantitative estimate of drug-likeness (QED) is 0.400. The second kappa shape index (κ2) is 9.90. The van der Waals surface area contributed by atoms with Gasteiger partial charge in [0.1, 0.15) is 23.4 Å². The Morgan fingerprint density at radius 1 is 1.21 bits per heavy atom. The van der Waals surface area contributed by atoms with Gasteiger partial charge in [-0.15, -0.1) is 23.1 Å². The van der Waals surface area contributed by atoms with E-state index in [4.69, 9.17) is 9.47 Å². The van der Waals surface area contributed by atoms with Crippen molar-refractivity contribution in [3.8, 4) is 22.6 Å². The van der Waals surface area contributed by atoms with Crippen molar-refractivity contribution in [2.45, 2.75) is 24.0 Å². The van der Waals surface area contributed by atoms with E-state index < -0.39 is 0 Å². The van der Waals surface area contributed by atoms with Gasteiger partial charge < -0.3 is 19.8 Å². The number of H-pyrrole nitrogens is 1. The number of hydrogen-bond acceptors (Lipinski definition) is 7. The molecule has 0 saturated carbocycles. The summed E-state index contributed by atoms with van der Waals surface area (Å²) in [6.45, 7) is 2.58. The van der Waals surface area contributed by atoms with Crippen molar-refractivity contribution in [2.24, 2.45) is 0 Å². The minimum absolute atomic E-state index is 0.0987. The molecule has 5 rings (SSSR count). The van der Waals surface area contributed by atoms with Gasteiger partial charge in [-0.25, -0.2) is 4.98 Å². The standard InChI is InChI=1S/C25H23N3O4S2/c1-15(23(29)26-11-17-12-31-19-9-5-6-10-20(19)32-17)33-14-21-27-24(30)22-18(13-34-25(22)28-21)16-7-3-2-4-8-16/h2-10,13,15,17H,11-12,14H2,1H3,(H,26,29)(H,27,28,30). The number of carbonyl (C=O) groups is 1. The van der Waals surface area contributed by atoms with E-state index in [-0.39, 0.29) is 22.8 Å². The number of hydrogen-bond donors (Lipinski definition) is 2. The predicted octanol–water partition coefficient (Wildman–Crippen LogP) is 4.23. The number of amides is 1. The first kappa shape index (κ1) is 22.5. The van der Waals surface area contributed by atoms with Crippen LogP contribution in [0.3, 0.4) is 0 Å². The largest absolute Gasteiger partial charge is 0.486 e. The number of benzene rings is 2. The highest BCUT2D eigenvalue weighted by atomic mass is 32.2. The third-order valence-electron chi connectivity index (χ3n) is 5.49. The molecule has 0 bridgehead atoms. The van der Waals surface area contributed by atoms with Gasteiger partial charge in [0, 0.05) is 10.9 Å². The lowest BCUT2D eigenvalue weighted by molar-refractivity contribution is -0.120. The summed E-state index contributed by atoms with van der Waals surface area (Å²) < 4.78 is 11.6. The maximum atomic E-state index is 12.8. The molecule has 0 radical (unpaired) electrons. The number of nitrogens with zero attached hydrogens (tertiary/aromatic N) is 1. The number of fused-ring (bicyclic) bond motifs is 2. The molecule has 2 unspecified atom stereocenters. The number of aromatic nitrogens is 2. The van der Waals surface area contributed by atoms with Crippen molar-refractivity contribution in [3.05, 3.63) is 76.2 Å². The van der Waals surface area contributed by atoms with Gasteiger partial charge in [0.2, 0.25) is 5.91 Å². The van der Waals surface area contributed by atoms with Crippen molar-refractivity contribution in [1.29, 1.82) is 0 Å². The number of carbonyl (C=O) groups excluding carboxylic acids is 1. The SMILES string of the molecule is CC(SCc1nc2scc(-c3ccccc3)c2c(=O)[nH]1)C(=O)NCC1COc2ccccc2O1. The number of ether oxygens (including phenoxy) is 2. The number of para-hydroxylation sites is 2. The molecule has 34 heavy (non-hydrogen) atoms. The number of aromatic amines is 1. The Balaban J connectivity index is 1.17. The van der Waals surface area contributed by atoms with Crippen molar-refractivity contribution < 1.29 is 14.3 Å². The van der Waals surface area contributed by atoms with Crippen LogP contribution in [0.4, 0.5) is 0 Å². The van der Waals surface area contributed by atoms with Crippen LogP contribution in [-0.4, -0.2) is 40.4 Å². The van der Waals surface area contributed by atoms with Crippen LogP contribution in [0, 0.1) is 0 Å². The zero-order valence-electron chi connectivity index (χ0n) is 18.4. The maximum absolute atomic E-state index is 12.8. The summed E-state index contributed by atoms with van der Waals surface area (Å²) >= 11 is 2.87. The monoisotopic (exact) mass is 493 g/mol. The fourth-order valence-corrected chi connectivity index (χ4v) is 5.44. The third kappa shape index (κ3) is 4.80. The summed E-state index contributed by atoms with van der Waals surface area (Å²) in [7, 11) is 0. The molecule has 1 aliphatic rings. The molecule has 174 valence electrons. The van der Waals surface area contributed by atoms with Crippen LogP contribution < -0.4 is 20.3 Å². The molecule has 9 heteroatoms. The minimum Gasteiger partial charge on any atom is -0.486 e.